The van der Waals surface area contributed by atoms with Crippen molar-refractivity contribution in [2.75, 3.05) is 21.0 Å². The molecule has 0 spiro atoms. The average molecular weight is 372 g/mol. The van der Waals surface area contributed by atoms with Crippen molar-refractivity contribution in [1.82, 2.24) is 0 Å². The van der Waals surface area contributed by atoms with Crippen LogP contribution in [0.4, 0.5) is 0 Å². The van der Waals surface area contributed by atoms with E-state index < -0.39 is 0 Å². The molecule has 144 valence electrons. The first-order chi connectivity index (χ1) is 13.0. The van der Waals surface area contributed by atoms with Gasteiger partial charge in [-0.05, 0) is 47.9 Å². The standard InChI is InChI=1S/C21H24O6/c1-10-5-12-7-14(24-3)20(25-4)18(22)16(12)17-13(6-11(10)2)8-15-21(19(17)23)27-9-26-15/h7-8,10-11,22-23H,5-6,9H2,1-4H3/t10-,11+/m1/s1. The fourth-order valence-corrected chi connectivity index (χ4v) is 4.08. The lowest BCUT2D eigenvalue weighted by Crippen LogP contribution is -2.17. The highest BCUT2D eigenvalue weighted by Crippen LogP contribution is 2.55. The summed E-state index contributed by atoms with van der Waals surface area (Å²) in [6, 6.07) is 3.79. The largest absolute Gasteiger partial charge is 0.504 e. The monoisotopic (exact) mass is 372 g/mol. The molecule has 6 heteroatoms. The number of aromatic hydroxyl groups is 2. The van der Waals surface area contributed by atoms with Crippen LogP contribution in [0.15, 0.2) is 12.1 Å². The minimum absolute atomic E-state index is 0.00878. The Morgan fingerprint density at radius 2 is 1.52 bits per heavy atom. The number of hydrogen-bond acceptors (Lipinski definition) is 6. The molecule has 0 unspecified atom stereocenters. The summed E-state index contributed by atoms with van der Waals surface area (Å²) in [5, 5.41) is 22.0. The fraction of sp³-hybridized carbons (Fsp3) is 0.429. The van der Waals surface area contributed by atoms with Gasteiger partial charge in [0.05, 0.1) is 14.2 Å². The Bertz CT molecular complexity index is 905. The quantitative estimate of drug-likeness (QED) is 0.833. The number of fused-ring (bicyclic) bond motifs is 4. The Hall–Kier alpha value is -2.76. The summed E-state index contributed by atoms with van der Waals surface area (Å²) in [6.45, 7) is 4.46. The molecule has 0 saturated carbocycles. The molecule has 1 aliphatic carbocycles. The van der Waals surface area contributed by atoms with Gasteiger partial charge >= 0.3 is 0 Å². The minimum atomic E-state index is -0.0379. The maximum absolute atomic E-state index is 11.0. The normalized spacial score (nSPS) is 20.3. The molecule has 2 aromatic rings. The number of methoxy groups -OCH3 is 2. The zero-order valence-corrected chi connectivity index (χ0v) is 16.0. The van der Waals surface area contributed by atoms with Crippen molar-refractivity contribution in [1.29, 1.82) is 0 Å². The van der Waals surface area contributed by atoms with Gasteiger partial charge in [0.25, 0.3) is 0 Å². The molecule has 0 aromatic heterocycles. The van der Waals surface area contributed by atoms with E-state index in [9.17, 15) is 10.2 Å². The highest BCUT2D eigenvalue weighted by molar-refractivity contribution is 5.88. The molecule has 0 saturated heterocycles. The molecule has 0 radical (unpaired) electrons. The smallest absolute Gasteiger partial charge is 0.231 e. The third-order valence-electron chi connectivity index (χ3n) is 5.75. The molecule has 1 heterocycles. The van der Waals surface area contributed by atoms with Gasteiger partial charge < -0.3 is 29.2 Å². The van der Waals surface area contributed by atoms with Crippen LogP contribution in [0.1, 0.15) is 25.0 Å². The van der Waals surface area contributed by atoms with Gasteiger partial charge in [0.2, 0.25) is 18.3 Å². The third kappa shape index (κ3) is 2.62. The lowest BCUT2D eigenvalue weighted by Gasteiger charge is -2.28. The lowest BCUT2D eigenvalue weighted by molar-refractivity contribution is 0.171. The molecule has 0 amide bonds. The Morgan fingerprint density at radius 3 is 2.15 bits per heavy atom. The maximum atomic E-state index is 11.0. The van der Waals surface area contributed by atoms with Crippen LogP contribution in [0.25, 0.3) is 11.1 Å². The number of ether oxygens (including phenoxy) is 4. The Morgan fingerprint density at radius 1 is 0.889 bits per heavy atom. The first-order valence-corrected chi connectivity index (χ1v) is 9.07. The first kappa shape index (κ1) is 17.6. The molecule has 6 nitrogen and oxygen atoms in total. The number of rotatable bonds is 2. The summed E-state index contributed by atoms with van der Waals surface area (Å²) in [6.07, 6.45) is 1.51. The zero-order valence-electron chi connectivity index (χ0n) is 16.0. The molecule has 2 aliphatic rings. The lowest BCUT2D eigenvalue weighted by atomic mass is 9.77. The summed E-state index contributed by atoms with van der Waals surface area (Å²) < 4.78 is 21.8. The van der Waals surface area contributed by atoms with E-state index in [2.05, 4.69) is 13.8 Å². The van der Waals surface area contributed by atoms with Crippen LogP contribution in [0.5, 0.6) is 34.5 Å². The molecule has 2 N–H and O–H groups in total. The summed E-state index contributed by atoms with van der Waals surface area (Å²) in [5.41, 5.74) is 2.96. The van der Waals surface area contributed by atoms with Gasteiger partial charge in [-0.2, -0.15) is 0 Å². The molecule has 2 atom stereocenters. The van der Waals surface area contributed by atoms with Crippen molar-refractivity contribution in [3.05, 3.63) is 23.3 Å². The van der Waals surface area contributed by atoms with E-state index in [1.165, 1.54) is 7.11 Å². The second-order valence-corrected chi connectivity index (χ2v) is 7.35. The number of phenols is 2. The highest BCUT2D eigenvalue weighted by atomic mass is 16.7. The molecular weight excluding hydrogens is 348 g/mol. The number of benzene rings is 2. The van der Waals surface area contributed by atoms with Crippen LogP contribution in [0.3, 0.4) is 0 Å². The van der Waals surface area contributed by atoms with E-state index in [1.807, 2.05) is 12.1 Å². The topological polar surface area (TPSA) is 77.4 Å². The van der Waals surface area contributed by atoms with E-state index in [0.29, 0.717) is 40.2 Å². The molecule has 27 heavy (non-hydrogen) atoms. The second kappa shape index (κ2) is 6.44. The van der Waals surface area contributed by atoms with Crippen LogP contribution >= 0.6 is 0 Å². The van der Waals surface area contributed by atoms with E-state index in [0.717, 1.165) is 24.0 Å². The second-order valence-electron chi connectivity index (χ2n) is 7.35. The van der Waals surface area contributed by atoms with Crippen LogP contribution in [-0.2, 0) is 12.8 Å². The van der Waals surface area contributed by atoms with Crippen molar-refractivity contribution >= 4 is 0 Å². The van der Waals surface area contributed by atoms with Gasteiger partial charge in [0.15, 0.2) is 23.0 Å². The van der Waals surface area contributed by atoms with Crippen molar-refractivity contribution in [2.45, 2.75) is 26.7 Å². The first-order valence-electron chi connectivity index (χ1n) is 9.07. The Kier molecular flexibility index (Phi) is 4.21. The van der Waals surface area contributed by atoms with E-state index in [1.54, 1.807) is 7.11 Å². The molecule has 0 fully saturated rings. The fourth-order valence-electron chi connectivity index (χ4n) is 4.08. The molecular formula is C21H24O6. The maximum Gasteiger partial charge on any atom is 0.231 e. The van der Waals surface area contributed by atoms with Crippen LogP contribution < -0.4 is 18.9 Å². The summed E-state index contributed by atoms with van der Waals surface area (Å²) in [7, 11) is 3.03. The van der Waals surface area contributed by atoms with Gasteiger partial charge in [-0.15, -0.1) is 0 Å². The predicted octanol–water partition coefficient (Wildman–Crippen LogP) is 3.88. The van der Waals surface area contributed by atoms with Crippen molar-refractivity contribution in [2.24, 2.45) is 11.8 Å². The van der Waals surface area contributed by atoms with Crippen LogP contribution in [0, 0.1) is 11.8 Å². The van der Waals surface area contributed by atoms with Gasteiger partial charge in [0, 0.05) is 11.1 Å². The molecule has 2 aromatic carbocycles. The zero-order chi connectivity index (χ0) is 19.3. The Balaban J connectivity index is 2.08. The van der Waals surface area contributed by atoms with Crippen molar-refractivity contribution in [3.8, 4) is 45.6 Å². The van der Waals surface area contributed by atoms with Crippen LogP contribution in [-0.4, -0.2) is 31.2 Å². The van der Waals surface area contributed by atoms with Gasteiger partial charge in [-0.1, -0.05) is 13.8 Å². The molecule has 4 rings (SSSR count). The van der Waals surface area contributed by atoms with Gasteiger partial charge in [0.1, 0.15) is 0 Å². The predicted molar refractivity (Wildman–Crippen MR) is 100 cm³/mol. The van der Waals surface area contributed by atoms with Gasteiger partial charge in [-0.3, -0.25) is 0 Å². The summed E-state index contributed by atoms with van der Waals surface area (Å²) >= 11 is 0. The number of hydrogen-bond donors (Lipinski definition) is 2. The Labute approximate surface area is 158 Å². The summed E-state index contributed by atoms with van der Waals surface area (Å²) in [5.74, 6) is 2.28. The van der Waals surface area contributed by atoms with E-state index in [-0.39, 0.29) is 24.0 Å². The SMILES string of the molecule is COc1cc2c(c(O)c1OC)-c1c(cc3c(c1O)OCO3)C[C@H](C)[C@H](C)C2. The molecule has 1 aliphatic heterocycles. The molecule has 0 bridgehead atoms. The minimum Gasteiger partial charge on any atom is -0.504 e. The van der Waals surface area contributed by atoms with E-state index >= 15 is 0 Å². The highest BCUT2D eigenvalue weighted by Gasteiger charge is 2.33. The summed E-state index contributed by atoms with van der Waals surface area (Å²) in [4.78, 5) is 0. The average Bonchev–Trinajstić information content (AvgIpc) is 3.11. The number of phenolic OH excluding ortho intramolecular Hbond substituents is 2. The van der Waals surface area contributed by atoms with Crippen molar-refractivity contribution < 1.29 is 29.2 Å². The van der Waals surface area contributed by atoms with E-state index in [4.69, 9.17) is 18.9 Å². The third-order valence-corrected chi connectivity index (χ3v) is 5.75. The van der Waals surface area contributed by atoms with Crippen LogP contribution in [0.2, 0.25) is 0 Å². The van der Waals surface area contributed by atoms with Gasteiger partial charge in [-0.25, -0.2) is 0 Å². The van der Waals surface area contributed by atoms with Crippen molar-refractivity contribution in [3.63, 3.8) is 0 Å².